The van der Waals surface area contributed by atoms with Crippen LogP contribution in [-0.4, -0.2) is 39.3 Å². The molecule has 6 heteroatoms. The minimum Gasteiger partial charge on any atom is -0.392 e. The first-order chi connectivity index (χ1) is 21.3. The van der Waals surface area contributed by atoms with Gasteiger partial charge in [0, 0.05) is 43.8 Å². The number of aliphatic hydroxyl groups excluding tert-OH is 1. The SMILES string of the molecule is C=C/C=C(\C(CO)=C(/C)c1cc(Nc2ccc(C(C)CC)cn2)c(=O)n(C)c1)N(CCCC)C/C(C)=C/C1=C(C)CC(C)(C)C1. The predicted octanol–water partition coefficient (Wildman–Crippen LogP) is 9.06. The zero-order valence-corrected chi connectivity index (χ0v) is 29.3. The van der Waals surface area contributed by atoms with Crippen molar-refractivity contribution >= 4 is 17.1 Å². The van der Waals surface area contributed by atoms with Gasteiger partial charge < -0.3 is 19.9 Å². The van der Waals surface area contributed by atoms with Crippen molar-refractivity contribution in [3.63, 3.8) is 0 Å². The minimum absolute atomic E-state index is 0.139. The van der Waals surface area contributed by atoms with Crippen LogP contribution in [0.15, 0.2) is 88.2 Å². The number of rotatable bonds is 15. The summed E-state index contributed by atoms with van der Waals surface area (Å²) in [6.07, 6.45) is 15.3. The lowest BCUT2D eigenvalue weighted by atomic mass is 9.89. The van der Waals surface area contributed by atoms with Crippen molar-refractivity contribution in [2.24, 2.45) is 12.5 Å². The lowest BCUT2D eigenvalue weighted by Gasteiger charge is -2.30. The van der Waals surface area contributed by atoms with E-state index in [1.807, 2.05) is 37.5 Å². The molecule has 0 bridgehead atoms. The molecule has 0 saturated carbocycles. The van der Waals surface area contributed by atoms with Gasteiger partial charge in [-0.2, -0.15) is 0 Å². The summed E-state index contributed by atoms with van der Waals surface area (Å²) in [5.41, 5.74) is 9.54. The Kier molecular flexibility index (Phi) is 12.8. The maximum atomic E-state index is 13.2. The zero-order valence-electron chi connectivity index (χ0n) is 29.3. The molecule has 0 aliphatic heterocycles. The number of aliphatic hydroxyl groups is 1. The normalized spacial score (nSPS) is 16.5. The van der Waals surface area contributed by atoms with Gasteiger partial charge in [0.2, 0.25) is 0 Å². The molecule has 2 heterocycles. The fourth-order valence-corrected chi connectivity index (χ4v) is 6.24. The Balaban J connectivity index is 2.01. The molecule has 1 unspecified atom stereocenters. The molecule has 0 aromatic carbocycles. The maximum absolute atomic E-state index is 13.2. The Hall–Kier alpha value is -3.64. The van der Waals surface area contributed by atoms with Crippen molar-refractivity contribution in [3.05, 3.63) is 105 Å². The largest absolute Gasteiger partial charge is 0.392 e. The first-order valence-corrected chi connectivity index (χ1v) is 16.5. The Bertz CT molecular complexity index is 1520. The Morgan fingerprint density at radius 3 is 2.53 bits per heavy atom. The third kappa shape index (κ3) is 9.43. The quantitative estimate of drug-likeness (QED) is 0.196. The Morgan fingerprint density at radius 1 is 1.24 bits per heavy atom. The number of aromatic nitrogens is 2. The number of aryl methyl sites for hydroxylation is 1. The van der Waals surface area contributed by atoms with Gasteiger partial charge in [-0.3, -0.25) is 4.79 Å². The first-order valence-electron chi connectivity index (χ1n) is 16.5. The van der Waals surface area contributed by atoms with Crippen LogP contribution in [0.5, 0.6) is 0 Å². The molecule has 0 fully saturated rings. The van der Waals surface area contributed by atoms with Crippen molar-refractivity contribution in [1.29, 1.82) is 0 Å². The van der Waals surface area contributed by atoms with Crippen LogP contribution in [0.25, 0.3) is 5.57 Å². The lowest BCUT2D eigenvalue weighted by Crippen LogP contribution is -2.28. The average Bonchev–Trinajstić information content (AvgIpc) is 3.27. The number of nitrogens with zero attached hydrogens (tertiary/aromatic N) is 3. The van der Waals surface area contributed by atoms with E-state index in [0.29, 0.717) is 22.8 Å². The predicted molar refractivity (Wildman–Crippen MR) is 192 cm³/mol. The second-order valence-electron chi connectivity index (χ2n) is 13.6. The van der Waals surface area contributed by atoms with E-state index in [4.69, 9.17) is 0 Å². The summed E-state index contributed by atoms with van der Waals surface area (Å²) in [6, 6.07) is 5.85. The number of unbranched alkanes of at least 4 members (excludes halogenated alkanes) is 1. The highest BCUT2D eigenvalue weighted by molar-refractivity contribution is 5.73. The minimum atomic E-state index is -0.142. The number of hydrogen-bond donors (Lipinski definition) is 2. The molecular weight excluding hydrogens is 556 g/mol. The molecule has 3 rings (SSSR count). The number of allylic oxidation sites excluding steroid dienone is 6. The van der Waals surface area contributed by atoms with Crippen LogP contribution < -0.4 is 10.9 Å². The monoisotopic (exact) mass is 612 g/mol. The van der Waals surface area contributed by atoms with E-state index in [2.05, 4.69) is 82.4 Å². The first kappa shape index (κ1) is 35.8. The Labute approximate surface area is 272 Å². The van der Waals surface area contributed by atoms with E-state index >= 15 is 0 Å². The Morgan fingerprint density at radius 2 is 1.98 bits per heavy atom. The molecule has 1 atom stereocenters. The van der Waals surface area contributed by atoms with Gasteiger partial charge in [0.05, 0.1) is 6.61 Å². The number of pyridine rings is 2. The van der Waals surface area contributed by atoms with Crippen molar-refractivity contribution in [1.82, 2.24) is 14.5 Å². The third-order valence-electron chi connectivity index (χ3n) is 8.99. The van der Waals surface area contributed by atoms with Crippen molar-refractivity contribution < 1.29 is 5.11 Å². The van der Waals surface area contributed by atoms with E-state index in [0.717, 1.165) is 67.6 Å². The third-order valence-corrected chi connectivity index (χ3v) is 8.99. The molecule has 1 aliphatic carbocycles. The van der Waals surface area contributed by atoms with Gasteiger partial charge >= 0.3 is 0 Å². The van der Waals surface area contributed by atoms with E-state index < -0.39 is 0 Å². The van der Waals surface area contributed by atoms with E-state index in [-0.39, 0.29) is 12.2 Å². The van der Waals surface area contributed by atoms with Gasteiger partial charge in [-0.25, -0.2) is 4.98 Å². The van der Waals surface area contributed by atoms with Gasteiger partial charge in [0.25, 0.3) is 5.56 Å². The van der Waals surface area contributed by atoms with Crippen LogP contribution in [0.3, 0.4) is 0 Å². The number of hydrogen-bond acceptors (Lipinski definition) is 5. The smallest absolute Gasteiger partial charge is 0.274 e. The summed E-state index contributed by atoms with van der Waals surface area (Å²) in [5, 5.41) is 14.1. The fourth-order valence-electron chi connectivity index (χ4n) is 6.24. The highest BCUT2D eigenvalue weighted by Crippen LogP contribution is 2.42. The second kappa shape index (κ2) is 16.1. The fraction of sp³-hybridized carbons (Fsp3) is 0.487. The molecule has 0 amide bonds. The van der Waals surface area contributed by atoms with E-state index in [1.165, 1.54) is 22.3 Å². The van der Waals surface area contributed by atoms with Crippen LogP contribution >= 0.6 is 0 Å². The number of anilines is 2. The van der Waals surface area contributed by atoms with Crippen LogP contribution in [0.2, 0.25) is 0 Å². The molecule has 2 N–H and O–H groups in total. The standard InChI is InChI=1S/C39H56N4O2/c1-11-14-18-43(24-27(4)19-32-22-39(8,9)21-29(32)6)36(15-12-2)34(26-44)30(7)33-20-35(38(45)42(10)25-33)41-37-17-16-31(23-40-37)28(5)13-3/h12,15-17,19-20,23,25,28,44H,2,11,13-14,18,21-22,24,26H2,1,3-10H3,(H,40,41)/b27-19+,34-30+,36-15+. The van der Waals surface area contributed by atoms with Crippen molar-refractivity contribution in [2.75, 3.05) is 25.0 Å². The topological polar surface area (TPSA) is 70.4 Å². The lowest BCUT2D eigenvalue weighted by molar-refractivity contribution is 0.312. The highest BCUT2D eigenvalue weighted by Gasteiger charge is 2.27. The molecule has 0 spiro atoms. The molecule has 1 aliphatic rings. The van der Waals surface area contributed by atoms with Gasteiger partial charge in [-0.05, 0) is 98.3 Å². The molecular formula is C39H56N4O2. The molecule has 6 nitrogen and oxygen atoms in total. The summed E-state index contributed by atoms with van der Waals surface area (Å²) in [7, 11) is 1.76. The number of nitrogens with one attached hydrogen (secondary N) is 1. The molecule has 2 aromatic heterocycles. The molecule has 0 radical (unpaired) electrons. The van der Waals surface area contributed by atoms with Crippen molar-refractivity contribution in [2.45, 2.75) is 93.4 Å². The second-order valence-corrected chi connectivity index (χ2v) is 13.6. The zero-order chi connectivity index (χ0) is 33.3. The van der Waals surface area contributed by atoms with Gasteiger partial charge in [-0.1, -0.05) is 77.0 Å². The maximum Gasteiger partial charge on any atom is 0.274 e. The summed E-state index contributed by atoms with van der Waals surface area (Å²) < 4.78 is 1.58. The summed E-state index contributed by atoms with van der Waals surface area (Å²) in [5.74, 6) is 1.05. The average molecular weight is 613 g/mol. The van der Waals surface area contributed by atoms with Gasteiger partial charge in [0.15, 0.2) is 0 Å². The molecule has 244 valence electrons. The van der Waals surface area contributed by atoms with Crippen LogP contribution in [-0.2, 0) is 7.05 Å². The van der Waals surface area contributed by atoms with Gasteiger partial charge in [0.1, 0.15) is 11.5 Å². The van der Waals surface area contributed by atoms with Crippen molar-refractivity contribution in [3.8, 4) is 0 Å². The highest BCUT2D eigenvalue weighted by atomic mass is 16.3. The summed E-state index contributed by atoms with van der Waals surface area (Å²) >= 11 is 0. The summed E-state index contributed by atoms with van der Waals surface area (Å²) in [4.78, 5) is 20.1. The molecule has 0 saturated heterocycles. The van der Waals surface area contributed by atoms with Crippen LogP contribution in [0.1, 0.15) is 105 Å². The molecule has 45 heavy (non-hydrogen) atoms. The van der Waals surface area contributed by atoms with Crippen LogP contribution in [0, 0.1) is 5.41 Å². The molecule has 2 aromatic rings. The summed E-state index contributed by atoms with van der Waals surface area (Å²) in [6.45, 7) is 23.2. The van der Waals surface area contributed by atoms with E-state index in [1.54, 1.807) is 17.7 Å². The van der Waals surface area contributed by atoms with Gasteiger partial charge in [-0.15, -0.1) is 0 Å². The van der Waals surface area contributed by atoms with E-state index in [9.17, 15) is 9.90 Å². The van der Waals surface area contributed by atoms with Crippen LogP contribution in [0.4, 0.5) is 11.5 Å².